The van der Waals surface area contributed by atoms with Gasteiger partial charge < -0.3 is 44.5 Å². The Kier molecular flexibility index (Phi) is 21.0. The number of para-hydroxylation sites is 1. The highest BCUT2D eigenvalue weighted by Crippen LogP contribution is 2.33. The fourth-order valence-electron chi connectivity index (χ4n) is 8.68. The smallest absolute Gasteiger partial charge is 0.348 e. The quantitative estimate of drug-likeness (QED) is 0.0216. The Morgan fingerprint density at radius 1 is 0.787 bits per heavy atom. The van der Waals surface area contributed by atoms with Gasteiger partial charge in [0.2, 0.25) is 17.8 Å². The summed E-state index contributed by atoms with van der Waals surface area (Å²) < 4.78 is 29.4. The number of aryl methyl sites for hydroxylation is 2. The van der Waals surface area contributed by atoms with Crippen LogP contribution in [0.5, 0.6) is 0 Å². The average Bonchev–Trinajstić information content (AvgIpc) is 4.06. The number of Topliss-reactive ketones (excluding diaryl/α,β-unsaturated/α-hetero) is 1. The monoisotopic (exact) mass is 1060 g/mol. The summed E-state index contributed by atoms with van der Waals surface area (Å²) in [6, 6.07) is 10.2. The van der Waals surface area contributed by atoms with Crippen LogP contribution in [0.4, 0.5) is 33.3 Å². The second kappa shape index (κ2) is 28.1. The number of nitrogens with one attached hydrogen (secondary N) is 4. The van der Waals surface area contributed by atoms with E-state index in [2.05, 4.69) is 46.0 Å². The van der Waals surface area contributed by atoms with E-state index in [1.54, 1.807) is 42.1 Å². The third-order valence-electron chi connectivity index (χ3n) is 12.5. The fraction of sp³-hybridized carbons (Fsp3) is 0.500. The Labute approximate surface area is 437 Å². The summed E-state index contributed by atoms with van der Waals surface area (Å²) in [7, 11) is 0. The van der Waals surface area contributed by atoms with Crippen LogP contribution in [-0.4, -0.2) is 163 Å². The summed E-state index contributed by atoms with van der Waals surface area (Å²) in [4.78, 5) is 96.9. The minimum Gasteiger partial charge on any atom is -0.379 e. The van der Waals surface area contributed by atoms with Gasteiger partial charge in [0.25, 0.3) is 11.5 Å². The number of fused-ring (bicyclic) bond motifs is 1. The van der Waals surface area contributed by atoms with Crippen molar-refractivity contribution in [2.45, 2.75) is 58.9 Å². The lowest BCUT2D eigenvalue weighted by atomic mass is 10.0. The molecule has 402 valence electrons. The van der Waals surface area contributed by atoms with E-state index in [4.69, 9.17) is 28.7 Å². The molecule has 0 atom stereocenters. The maximum Gasteiger partial charge on any atom is 0.348 e. The summed E-state index contributed by atoms with van der Waals surface area (Å²) in [6.07, 6.45) is 7.28. The van der Waals surface area contributed by atoms with Crippen molar-refractivity contribution >= 4 is 79.1 Å². The fourth-order valence-corrected chi connectivity index (χ4v) is 9.46. The largest absolute Gasteiger partial charge is 0.379 e. The first-order valence-electron chi connectivity index (χ1n) is 25.0. The van der Waals surface area contributed by atoms with Crippen LogP contribution in [0, 0.1) is 24.0 Å². The number of carbonyl (C=O) groups excluding carboxylic acids is 4. The molecule has 7 rings (SSSR count). The van der Waals surface area contributed by atoms with Crippen LogP contribution in [0.1, 0.15) is 77.0 Å². The Morgan fingerprint density at radius 3 is 2.07 bits per heavy atom. The highest BCUT2D eigenvalue weighted by molar-refractivity contribution is 7.19. The van der Waals surface area contributed by atoms with Crippen molar-refractivity contribution in [2.75, 3.05) is 126 Å². The topological polar surface area (TPSA) is 286 Å². The van der Waals surface area contributed by atoms with Gasteiger partial charge in [0, 0.05) is 50.3 Å². The molecule has 5 heterocycles. The lowest BCUT2D eigenvalue weighted by Crippen LogP contribution is -2.49. The van der Waals surface area contributed by atoms with E-state index < -0.39 is 10.8 Å². The number of hydrogen-bond acceptors (Lipinski definition) is 20. The summed E-state index contributed by atoms with van der Waals surface area (Å²) in [5.41, 5.74) is 2.64. The molecular weight excluding hydrogens is 993 g/mol. The molecule has 4 N–H and O–H groups in total. The number of amides is 3. The van der Waals surface area contributed by atoms with E-state index in [1.165, 1.54) is 19.9 Å². The van der Waals surface area contributed by atoms with Crippen molar-refractivity contribution in [3.63, 3.8) is 0 Å². The zero-order chi connectivity index (χ0) is 53.1. The molecule has 1 aliphatic carbocycles. The number of ketones is 1. The normalized spacial score (nSPS) is 14.0. The van der Waals surface area contributed by atoms with Crippen molar-refractivity contribution in [2.24, 2.45) is 0 Å². The highest BCUT2D eigenvalue weighted by Gasteiger charge is 2.27. The lowest BCUT2D eigenvalue weighted by Gasteiger charge is -2.35. The van der Waals surface area contributed by atoms with Gasteiger partial charge in [0.05, 0.1) is 113 Å². The van der Waals surface area contributed by atoms with Gasteiger partial charge in [-0.1, -0.05) is 25.0 Å². The van der Waals surface area contributed by atoms with Crippen molar-refractivity contribution in [3.8, 4) is 0 Å². The zero-order valence-electron chi connectivity index (χ0n) is 42.4. The maximum absolute atomic E-state index is 13.6. The van der Waals surface area contributed by atoms with Gasteiger partial charge in [-0.15, -0.1) is 0 Å². The molecular formula is C50H64N12O12S. The number of nitro groups is 1. The van der Waals surface area contributed by atoms with E-state index in [1.807, 2.05) is 12.1 Å². The Bertz CT molecular complexity index is 2820. The van der Waals surface area contributed by atoms with Crippen LogP contribution < -0.4 is 31.7 Å². The van der Waals surface area contributed by atoms with E-state index in [9.17, 15) is 34.1 Å². The standard InChI is InChI=1S/C50H64N12O12S/c1-33-39-31-53-49(57-45(39)61(36-8-4-5-9-36)47(67)44(33)35(3)63)56-41-13-12-37(30-52-41)60-18-16-59(17-19-60)32-43(65)51-15-21-71-23-25-73-27-29-74-28-26-72-24-22-70-20-14-42(64)55-40-11-7-6-10-38(40)46(66)58-50-54-34(2)48(75-50)62(68)69/h6-7,10-13,30-31,36H,4-5,8-9,14-29,32H2,1-3H3,(H,51,65)(H,55,64)(H,54,58,66)(H,52,53,56,57). The van der Waals surface area contributed by atoms with Crippen LogP contribution in [0.3, 0.4) is 0 Å². The predicted molar refractivity (Wildman–Crippen MR) is 280 cm³/mol. The van der Waals surface area contributed by atoms with E-state index in [0.717, 1.165) is 68.9 Å². The van der Waals surface area contributed by atoms with Gasteiger partial charge in [-0.2, -0.15) is 4.98 Å². The van der Waals surface area contributed by atoms with Crippen LogP contribution >= 0.6 is 11.3 Å². The summed E-state index contributed by atoms with van der Waals surface area (Å²) in [5, 5.41) is 23.1. The van der Waals surface area contributed by atoms with Crippen molar-refractivity contribution in [3.05, 3.63) is 91.6 Å². The molecule has 0 radical (unpaired) electrons. The number of piperazine rings is 1. The Morgan fingerprint density at radius 2 is 1.44 bits per heavy atom. The molecule has 24 nitrogen and oxygen atoms in total. The number of carbonyl (C=O) groups is 4. The predicted octanol–water partition coefficient (Wildman–Crippen LogP) is 4.83. The van der Waals surface area contributed by atoms with Gasteiger partial charge in [0.15, 0.2) is 10.9 Å². The first-order chi connectivity index (χ1) is 36.4. The minimum absolute atomic E-state index is 0.0106. The number of pyridine rings is 2. The number of hydrogen-bond donors (Lipinski definition) is 4. The average molecular weight is 1060 g/mol. The third-order valence-corrected chi connectivity index (χ3v) is 13.5. The summed E-state index contributed by atoms with van der Waals surface area (Å²) in [6.45, 7) is 11.7. The number of thiazole rings is 1. The number of ether oxygens (including phenoxy) is 5. The number of anilines is 5. The second-order valence-electron chi connectivity index (χ2n) is 17.8. The van der Waals surface area contributed by atoms with Crippen LogP contribution in [0.25, 0.3) is 11.0 Å². The van der Waals surface area contributed by atoms with E-state index >= 15 is 0 Å². The first-order valence-corrected chi connectivity index (χ1v) is 25.8. The number of benzene rings is 1. The van der Waals surface area contributed by atoms with Crippen molar-refractivity contribution < 1.29 is 47.8 Å². The van der Waals surface area contributed by atoms with Crippen molar-refractivity contribution in [1.29, 1.82) is 0 Å². The number of nitrogens with zero attached hydrogens (tertiary/aromatic N) is 8. The maximum atomic E-state index is 13.6. The molecule has 0 bridgehead atoms. The number of aromatic nitrogens is 5. The third kappa shape index (κ3) is 16.1. The molecule has 25 heteroatoms. The zero-order valence-corrected chi connectivity index (χ0v) is 43.2. The SMILES string of the molecule is CC(=O)c1c(C)c2cnc(Nc3ccc(N4CCN(CC(=O)NCCOCCOCCOCCOCCOCCC(=O)Nc5ccccc5C(=O)Nc5nc(C)c([N+](=O)[O-])s5)CC4)cn3)nc2n(C2CCCC2)c1=O. The Hall–Kier alpha value is -6.87. The highest BCUT2D eigenvalue weighted by atomic mass is 32.1. The Balaban J connectivity index is 0.663. The lowest BCUT2D eigenvalue weighted by molar-refractivity contribution is -0.380. The van der Waals surface area contributed by atoms with Gasteiger partial charge in [-0.3, -0.25) is 48.9 Å². The minimum atomic E-state index is -0.566. The van der Waals surface area contributed by atoms with Gasteiger partial charge >= 0.3 is 5.00 Å². The molecule has 0 unspecified atom stereocenters. The number of rotatable bonds is 29. The molecule has 2 fully saturated rings. The first kappa shape index (κ1) is 55.9. The molecule has 2 aliphatic rings. The molecule has 1 saturated carbocycles. The molecule has 1 aromatic carbocycles. The molecule has 75 heavy (non-hydrogen) atoms. The second-order valence-corrected chi connectivity index (χ2v) is 18.7. The molecule has 5 aromatic rings. The molecule has 3 amide bonds. The molecule has 4 aromatic heterocycles. The molecule has 1 saturated heterocycles. The van der Waals surface area contributed by atoms with Gasteiger partial charge in [-0.05, 0) is 74.8 Å². The van der Waals surface area contributed by atoms with E-state index in [0.29, 0.717) is 94.3 Å². The summed E-state index contributed by atoms with van der Waals surface area (Å²) >= 11 is 0.754. The van der Waals surface area contributed by atoms with Crippen LogP contribution in [0.15, 0.2) is 53.6 Å². The molecule has 1 aliphatic heterocycles. The van der Waals surface area contributed by atoms with Crippen molar-refractivity contribution in [1.82, 2.24) is 34.7 Å². The van der Waals surface area contributed by atoms with E-state index in [-0.39, 0.29) is 81.5 Å². The van der Waals surface area contributed by atoms with Gasteiger partial charge in [-0.25, -0.2) is 15.0 Å². The summed E-state index contributed by atoms with van der Waals surface area (Å²) in [5.74, 6) is -0.374. The van der Waals surface area contributed by atoms with Crippen LogP contribution in [0.2, 0.25) is 0 Å². The van der Waals surface area contributed by atoms with Crippen LogP contribution in [-0.2, 0) is 33.3 Å². The molecule has 0 spiro atoms. The van der Waals surface area contributed by atoms with Gasteiger partial charge in [0.1, 0.15) is 17.2 Å².